The van der Waals surface area contributed by atoms with Gasteiger partial charge >= 0.3 is 0 Å². The predicted octanol–water partition coefficient (Wildman–Crippen LogP) is 3.86. The molecule has 0 saturated heterocycles. The molecule has 10 heteroatoms. The number of ketones is 1. The molecular formula is C18H17N3O4S3. The van der Waals surface area contributed by atoms with Gasteiger partial charge in [-0.2, -0.15) is 0 Å². The van der Waals surface area contributed by atoms with Crippen LogP contribution in [0.25, 0.3) is 10.2 Å². The van der Waals surface area contributed by atoms with Gasteiger partial charge in [0, 0.05) is 18.8 Å². The zero-order valence-electron chi connectivity index (χ0n) is 14.7. The summed E-state index contributed by atoms with van der Waals surface area (Å²) in [4.78, 5) is 28.1. The Hall–Kier alpha value is -2.30. The Morgan fingerprint density at radius 3 is 2.68 bits per heavy atom. The second-order valence-electron chi connectivity index (χ2n) is 6.54. The van der Waals surface area contributed by atoms with Gasteiger partial charge in [0.15, 0.2) is 5.13 Å². The highest BCUT2D eigenvalue weighted by atomic mass is 32.2. The lowest BCUT2D eigenvalue weighted by Gasteiger charge is -2.19. The molecule has 146 valence electrons. The summed E-state index contributed by atoms with van der Waals surface area (Å²) in [6.45, 7) is 0. The minimum absolute atomic E-state index is 0.120. The molecule has 3 aromatic rings. The Kier molecular flexibility index (Phi) is 5.17. The molecule has 0 radical (unpaired) electrons. The third-order valence-electron chi connectivity index (χ3n) is 4.54. The van der Waals surface area contributed by atoms with Crippen LogP contribution in [-0.2, 0) is 19.6 Å². The molecule has 1 saturated carbocycles. The number of carbonyl (C=O) groups excluding carboxylic acids is 2. The highest BCUT2D eigenvalue weighted by Crippen LogP contribution is 2.31. The number of hydrogen-bond donors (Lipinski definition) is 2. The highest BCUT2D eigenvalue weighted by molar-refractivity contribution is 7.94. The largest absolute Gasteiger partial charge is 0.302 e. The third-order valence-corrected chi connectivity index (χ3v) is 8.26. The monoisotopic (exact) mass is 435 g/mol. The molecule has 1 aliphatic rings. The minimum atomic E-state index is -3.61. The second kappa shape index (κ2) is 7.61. The first kappa shape index (κ1) is 19.0. The van der Waals surface area contributed by atoms with Crippen molar-refractivity contribution in [1.82, 2.24) is 4.98 Å². The fourth-order valence-electron chi connectivity index (χ4n) is 3.07. The fraction of sp³-hybridized carbons (Fsp3) is 0.278. The first-order chi connectivity index (χ1) is 13.4. The van der Waals surface area contributed by atoms with Crippen LogP contribution < -0.4 is 10.0 Å². The summed E-state index contributed by atoms with van der Waals surface area (Å²) < 4.78 is 28.3. The maximum atomic E-state index is 12.4. The lowest BCUT2D eigenvalue weighted by atomic mass is 9.88. The van der Waals surface area contributed by atoms with E-state index >= 15 is 0 Å². The molecule has 1 fully saturated rings. The van der Waals surface area contributed by atoms with Gasteiger partial charge in [-0.3, -0.25) is 14.3 Å². The Morgan fingerprint density at radius 1 is 1.18 bits per heavy atom. The summed E-state index contributed by atoms with van der Waals surface area (Å²) in [5, 5.41) is 5.00. The standard InChI is InChI=1S/C18H17N3O4S3/c22-13-6-3-11(4-7-13)17(23)20-18-19-14-8-5-12(10-15(14)27-18)21-28(24,25)16-2-1-9-26-16/h1-2,5,8-11,21H,3-4,6-7H2,(H,19,20,23). The third kappa shape index (κ3) is 4.08. The number of nitrogens with one attached hydrogen (secondary N) is 2. The second-order valence-corrected chi connectivity index (χ2v) is 10.4. The average Bonchev–Trinajstić information content (AvgIpc) is 3.31. The van der Waals surface area contributed by atoms with E-state index in [-0.39, 0.29) is 21.8 Å². The Morgan fingerprint density at radius 2 is 1.96 bits per heavy atom. The molecule has 7 nitrogen and oxygen atoms in total. The van der Waals surface area contributed by atoms with Gasteiger partial charge in [0.25, 0.3) is 10.0 Å². The number of nitrogens with zero attached hydrogens (tertiary/aromatic N) is 1. The van der Waals surface area contributed by atoms with Gasteiger partial charge in [-0.05, 0) is 42.5 Å². The summed E-state index contributed by atoms with van der Waals surface area (Å²) in [6, 6.07) is 8.29. The van der Waals surface area contributed by atoms with Crippen LogP contribution >= 0.6 is 22.7 Å². The summed E-state index contributed by atoms with van der Waals surface area (Å²) in [7, 11) is -3.61. The summed E-state index contributed by atoms with van der Waals surface area (Å²) in [6.07, 6.45) is 2.05. The molecule has 28 heavy (non-hydrogen) atoms. The SMILES string of the molecule is O=C1CCC(C(=O)Nc2nc3ccc(NS(=O)(=O)c4cccs4)cc3s2)CC1. The van der Waals surface area contributed by atoms with Crippen molar-refractivity contribution in [2.45, 2.75) is 29.9 Å². The van der Waals surface area contributed by atoms with Crippen molar-refractivity contribution in [1.29, 1.82) is 0 Å². The van der Waals surface area contributed by atoms with E-state index in [0.717, 1.165) is 16.0 Å². The lowest BCUT2D eigenvalue weighted by Crippen LogP contribution is -2.27. The van der Waals surface area contributed by atoms with Crippen LogP contribution in [0, 0.1) is 5.92 Å². The topological polar surface area (TPSA) is 105 Å². The number of thiophene rings is 1. The van der Waals surface area contributed by atoms with Gasteiger partial charge in [-0.25, -0.2) is 13.4 Å². The van der Waals surface area contributed by atoms with Crippen LogP contribution in [0.1, 0.15) is 25.7 Å². The van der Waals surface area contributed by atoms with Crippen LogP contribution in [0.4, 0.5) is 10.8 Å². The molecule has 2 aromatic heterocycles. The molecule has 0 spiro atoms. The molecule has 2 heterocycles. The first-order valence-electron chi connectivity index (χ1n) is 8.70. The predicted molar refractivity (Wildman–Crippen MR) is 110 cm³/mol. The number of sulfonamides is 1. The molecule has 1 aliphatic carbocycles. The smallest absolute Gasteiger partial charge is 0.271 e. The van der Waals surface area contributed by atoms with Gasteiger partial charge in [0.05, 0.1) is 15.9 Å². The van der Waals surface area contributed by atoms with Gasteiger partial charge in [-0.1, -0.05) is 17.4 Å². The van der Waals surface area contributed by atoms with Gasteiger partial charge in [-0.15, -0.1) is 11.3 Å². The van der Waals surface area contributed by atoms with E-state index in [4.69, 9.17) is 0 Å². The summed E-state index contributed by atoms with van der Waals surface area (Å²) >= 11 is 2.43. The van der Waals surface area contributed by atoms with Crippen molar-refractivity contribution in [3.8, 4) is 0 Å². The zero-order chi connectivity index (χ0) is 19.7. The highest BCUT2D eigenvalue weighted by Gasteiger charge is 2.25. The quantitative estimate of drug-likeness (QED) is 0.633. The van der Waals surface area contributed by atoms with Crippen LogP contribution in [0.2, 0.25) is 0 Å². The zero-order valence-corrected chi connectivity index (χ0v) is 17.1. The van der Waals surface area contributed by atoms with Crippen LogP contribution in [0.15, 0.2) is 39.9 Å². The van der Waals surface area contributed by atoms with Gasteiger partial charge in [0.2, 0.25) is 5.91 Å². The number of Topliss-reactive ketones (excluding diaryl/α,β-unsaturated/α-hetero) is 1. The van der Waals surface area contributed by atoms with Crippen molar-refractivity contribution in [3.05, 3.63) is 35.7 Å². The fourth-order valence-corrected chi connectivity index (χ4v) is 6.02. The van der Waals surface area contributed by atoms with Gasteiger partial charge in [0.1, 0.15) is 9.99 Å². The van der Waals surface area contributed by atoms with E-state index < -0.39 is 10.0 Å². The molecule has 4 rings (SSSR count). The Balaban J connectivity index is 1.49. The van der Waals surface area contributed by atoms with Crippen molar-refractivity contribution in [2.24, 2.45) is 5.92 Å². The molecule has 1 aromatic carbocycles. The van der Waals surface area contributed by atoms with Crippen molar-refractivity contribution in [3.63, 3.8) is 0 Å². The van der Waals surface area contributed by atoms with E-state index in [2.05, 4.69) is 15.0 Å². The van der Waals surface area contributed by atoms with Crippen molar-refractivity contribution >= 4 is 65.4 Å². The van der Waals surface area contributed by atoms with Crippen LogP contribution in [0.5, 0.6) is 0 Å². The van der Waals surface area contributed by atoms with E-state index in [1.807, 2.05) is 0 Å². The van der Waals surface area contributed by atoms with E-state index in [1.165, 1.54) is 11.3 Å². The molecular weight excluding hydrogens is 418 g/mol. The molecule has 0 atom stereocenters. The molecule has 2 N–H and O–H groups in total. The van der Waals surface area contributed by atoms with E-state index in [0.29, 0.717) is 42.0 Å². The molecule has 0 bridgehead atoms. The van der Waals surface area contributed by atoms with Gasteiger partial charge < -0.3 is 5.32 Å². The number of carbonyl (C=O) groups is 2. The van der Waals surface area contributed by atoms with Crippen molar-refractivity contribution in [2.75, 3.05) is 10.0 Å². The lowest BCUT2D eigenvalue weighted by molar-refractivity contribution is -0.125. The molecule has 0 unspecified atom stereocenters. The number of thiazole rings is 1. The van der Waals surface area contributed by atoms with Crippen LogP contribution in [0.3, 0.4) is 0 Å². The Bertz CT molecular complexity index is 1130. The number of rotatable bonds is 5. The number of anilines is 2. The number of amides is 1. The summed E-state index contributed by atoms with van der Waals surface area (Å²) in [5.41, 5.74) is 1.12. The summed E-state index contributed by atoms with van der Waals surface area (Å²) in [5.74, 6) is -0.0791. The maximum Gasteiger partial charge on any atom is 0.271 e. The minimum Gasteiger partial charge on any atom is -0.302 e. The molecule has 0 aliphatic heterocycles. The van der Waals surface area contributed by atoms with Crippen molar-refractivity contribution < 1.29 is 18.0 Å². The van der Waals surface area contributed by atoms with Crippen LogP contribution in [-0.4, -0.2) is 25.1 Å². The average molecular weight is 436 g/mol. The Labute approximate surface area is 169 Å². The van der Waals surface area contributed by atoms with E-state index in [9.17, 15) is 18.0 Å². The number of aromatic nitrogens is 1. The normalized spacial score (nSPS) is 15.6. The van der Waals surface area contributed by atoms with E-state index in [1.54, 1.807) is 35.7 Å². The number of benzene rings is 1. The molecule has 1 amide bonds. The number of hydrogen-bond acceptors (Lipinski definition) is 7. The number of fused-ring (bicyclic) bond motifs is 1. The maximum absolute atomic E-state index is 12.4. The first-order valence-corrected chi connectivity index (χ1v) is 11.9.